The minimum atomic E-state index is -0.336. The second kappa shape index (κ2) is 10.1. The normalized spacial score (nSPS) is 15.8. The van der Waals surface area contributed by atoms with E-state index in [0.29, 0.717) is 5.56 Å². The first-order valence-corrected chi connectivity index (χ1v) is 11.7. The van der Waals surface area contributed by atoms with Crippen LogP contribution in [0.3, 0.4) is 0 Å². The van der Waals surface area contributed by atoms with Crippen LogP contribution in [0.4, 0.5) is 0 Å². The fourth-order valence-electron chi connectivity index (χ4n) is 3.26. The molecule has 0 saturated carbocycles. The van der Waals surface area contributed by atoms with Gasteiger partial charge in [0.2, 0.25) is 0 Å². The first-order valence-electron chi connectivity index (χ1n) is 9.83. The third kappa shape index (κ3) is 5.03. The number of benzene rings is 2. The Morgan fingerprint density at radius 1 is 1.23 bits per heavy atom. The molecule has 1 aromatic heterocycles. The topological polar surface area (TPSA) is 57.7 Å². The van der Waals surface area contributed by atoms with Gasteiger partial charge in [0, 0.05) is 22.6 Å². The average Bonchev–Trinajstić information content (AvgIpc) is 3.48. The third-order valence-corrected chi connectivity index (χ3v) is 6.93. The van der Waals surface area contributed by atoms with E-state index in [1.165, 1.54) is 11.3 Å². The number of carbonyl (C=O) groups is 1. The number of thiazole rings is 1. The van der Waals surface area contributed by atoms with Crippen molar-refractivity contribution >= 4 is 29.1 Å². The largest absolute Gasteiger partial charge is 0.496 e. The van der Waals surface area contributed by atoms with Crippen molar-refractivity contribution in [3.8, 4) is 16.3 Å². The van der Waals surface area contributed by atoms with Gasteiger partial charge in [-0.2, -0.15) is 0 Å². The Morgan fingerprint density at radius 2 is 2.07 bits per heavy atom. The van der Waals surface area contributed by atoms with Gasteiger partial charge < -0.3 is 14.2 Å². The zero-order valence-electron chi connectivity index (χ0n) is 16.7. The Balaban J connectivity index is 1.39. The Kier molecular flexibility index (Phi) is 7.04. The van der Waals surface area contributed by atoms with E-state index in [0.717, 1.165) is 52.1 Å². The Morgan fingerprint density at radius 3 is 2.90 bits per heavy atom. The molecule has 0 N–H and O–H groups in total. The van der Waals surface area contributed by atoms with Gasteiger partial charge in [0.05, 0.1) is 30.0 Å². The van der Waals surface area contributed by atoms with Crippen LogP contribution >= 0.6 is 23.1 Å². The maximum atomic E-state index is 12.7. The lowest BCUT2D eigenvalue weighted by atomic mass is 10.2. The summed E-state index contributed by atoms with van der Waals surface area (Å²) in [5, 5.41) is 2.75. The van der Waals surface area contributed by atoms with Crippen molar-refractivity contribution in [1.82, 2.24) is 4.98 Å². The zero-order chi connectivity index (χ0) is 20.8. The smallest absolute Gasteiger partial charge is 0.339 e. The van der Waals surface area contributed by atoms with Gasteiger partial charge in [-0.1, -0.05) is 24.3 Å². The molecular weight excluding hydrogens is 418 g/mol. The Hall–Kier alpha value is -2.35. The lowest BCUT2D eigenvalue weighted by molar-refractivity contribution is 0.0464. The molecule has 0 bridgehead atoms. The molecule has 30 heavy (non-hydrogen) atoms. The zero-order valence-corrected chi connectivity index (χ0v) is 18.3. The second-order valence-electron chi connectivity index (χ2n) is 6.86. The molecule has 0 aliphatic carbocycles. The molecule has 1 aliphatic heterocycles. The summed E-state index contributed by atoms with van der Waals surface area (Å²) < 4.78 is 16.7. The van der Waals surface area contributed by atoms with E-state index in [1.807, 2.05) is 53.9 Å². The number of nitrogens with zero attached hydrogens (tertiary/aromatic N) is 1. The predicted octanol–water partition coefficient (Wildman–Crippen LogP) is 5.45. The van der Waals surface area contributed by atoms with Gasteiger partial charge in [-0.15, -0.1) is 23.1 Å². The van der Waals surface area contributed by atoms with Gasteiger partial charge in [-0.05, 0) is 37.1 Å². The summed E-state index contributed by atoms with van der Waals surface area (Å²) in [6.45, 7) is 0.967. The van der Waals surface area contributed by atoms with E-state index in [1.54, 1.807) is 18.9 Å². The minimum Gasteiger partial charge on any atom is -0.496 e. The summed E-state index contributed by atoms with van der Waals surface area (Å²) in [5.74, 6) is 1.28. The van der Waals surface area contributed by atoms with Crippen molar-refractivity contribution in [2.24, 2.45) is 0 Å². The molecule has 4 rings (SSSR count). The molecule has 3 aromatic rings. The van der Waals surface area contributed by atoms with E-state index in [9.17, 15) is 4.79 Å². The van der Waals surface area contributed by atoms with Crippen LogP contribution in [0.5, 0.6) is 5.75 Å². The summed E-state index contributed by atoms with van der Waals surface area (Å²) in [6.07, 6.45) is 2.46. The van der Waals surface area contributed by atoms with Crippen LogP contribution < -0.4 is 4.74 Å². The number of para-hydroxylation sites is 1. The van der Waals surface area contributed by atoms with Crippen LogP contribution in [-0.2, 0) is 16.1 Å². The molecular formula is C23H23NO4S2. The van der Waals surface area contributed by atoms with E-state index < -0.39 is 0 Å². The molecule has 1 saturated heterocycles. The van der Waals surface area contributed by atoms with Crippen LogP contribution in [0, 0.1) is 0 Å². The van der Waals surface area contributed by atoms with Gasteiger partial charge in [-0.25, -0.2) is 9.78 Å². The van der Waals surface area contributed by atoms with E-state index in [-0.39, 0.29) is 18.7 Å². The number of rotatable bonds is 8. The molecule has 2 aromatic carbocycles. The van der Waals surface area contributed by atoms with E-state index >= 15 is 0 Å². The summed E-state index contributed by atoms with van der Waals surface area (Å²) in [6, 6.07) is 15.3. The highest BCUT2D eigenvalue weighted by atomic mass is 32.2. The number of ether oxygens (including phenoxy) is 3. The Bertz CT molecular complexity index is 998. The van der Waals surface area contributed by atoms with E-state index in [2.05, 4.69) is 4.98 Å². The van der Waals surface area contributed by atoms with Crippen LogP contribution in [0.25, 0.3) is 10.6 Å². The number of hydrogen-bond donors (Lipinski definition) is 0. The molecule has 0 spiro atoms. The number of hydrogen-bond acceptors (Lipinski definition) is 7. The maximum Gasteiger partial charge on any atom is 0.339 e. The van der Waals surface area contributed by atoms with Crippen molar-refractivity contribution in [3.63, 3.8) is 0 Å². The fraction of sp³-hybridized carbons (Fsp3) is 0.304. The molecule has 0 amide bonds. The molecule has 1 fully saturated rings. The predicted molar refractivity (Wildman–Crippen MR) is 119 cm³/mol. The highest BCUT2D eigenvalue weighted by molar-refractivity contribution is 7.99. The van der Waals surface area contributed by atoms with Crippen molar-refractivity contribution < 1.29 is 19.0 Å². The fourth-order valence-corrected chi connectivity index (χ4v) is 5.20. The minimum absolute atomic E-state index is 0.134. The monoisotopic (exact) mass is 441 g/mol. The molecule has 2 heterocycles. The Labute approximate surface area is 184 Å². The van der Waals surface area contributed by atoms with Crippen LogP contribution in [0.2, 0.25) is 0 Å². The molecule has 1 atom stereocenters. The number of methoxy groups -OCH3 is 1. The van der Waals surface area contributed by atoms with Crippen molar-refractivity contribution in [2.45, 2.75) is 30.4 Å². The lowest BCUT2D eigenvalue weighted by Crippen LogP contribution is -2.10. The molecule has 1 aliphatic rings. The van der Waals surface area contributed by atoms with Gasteiger partial charge >= 0.3 is 5.97 Å². The molecule has 1 unspecified atom stereocenters. The quantitative estimate of drug-likeness (QED) is 0.342. The van der Waals surface area contributed by atoms with E-state index in [4.69, 9.17) is 14.2 Å². The first-order chi connectivity index (χ1) is 14.7. The van der Waals surface area contributed by atoms with Gasteiger partial charge in [0.25, 0.3) is 0 Å². The number of carbonyl (C=O) groups excluding carboxylic acids is 1. The van der Waals surface area contributed by atoms with Gasteiger partial charge in [-0.3, -0.25) is 0 Å². The van der Waals surface area contributed by atoms with Crippen LogP contribution in [0.15, 0.2) is 58.8 Å². The average molecular weight is 442 g/mol. The van der Waals surface area contributed by atoms with Crippen molar-refractivity contribution in [3.05, 3.63) is 65.2 Å². The summed E-state index contributed by atoms with van der Waals surface area (Å²) in [7, 11) is 1.64. The first kappa shape index (κ1) is 20.9. The van der Waals surface area contributed by atoms with Crippen molar-refractivity contribution in [1.29, 1.82) is 0 Å². The number of esters is 1. The summed E-state index contributed by atoms with van der Waals surface area (Å²) in [4.78, 5) is 18.2. The van der Waals surface area contributed by atoms with Gasteiger partial charge in [0.15, 0.2) is 0 Å². The van der Waals surface area contributed by atoms with Crippen LogP contribution in [-0.4, -0.2) is 36.5 Å². The SMILES string of the molecule is COc1ccccc1-c1nc(COC(=O)c2ccccc2SCC2CCCO2)cs1. The molecule has 0 radical (unpaired) electrons. The lowest BCUT2D eigenvalue weighted by Gasteiger charge is -2.11. The molecule has 7 heteroatoms. The summed E-state index contributed by atoms with van der Waals surface area (Å²) >= 11 is 3.15. The van der Waals surface area contributed by atoms with Gasteiger partial charge in [0.1, 0.15) is 17.4 Å². The van der Waals surface area contributed by atoms with Crippen molar-refractivity contribution in [2.75, 3.05) is 19.5 Å². The molecule has 156 valence electrons. The van der Waals surface area contributed by atoms with Crippen LogP contribution in [0.1, 0.15) is 28.9 Å². The number of aromatic nitrogens is 1. The highest BCUT2D eigenvalue weighted by Crippen LogP contribution is 2.32. The number of thioether (sulfide) groups is 1. The maximum absolute atomic E-state index is 12.7. The highest BCUT2D eigenvalue weighted by Gasteiger charge is 2.19. The third-order valence-electron chi connectivity index (χ3n) is 4.80. The standard InChI is InChI=1S/C23H23NO4S2/c1-26-20-10-4-2-8-18(20)22-24-16(14-30-22)13-28-23(25)19-9-3-5-11-21(19)29-15-17-7-6-12-27-17/h2-5,8-11,14,17H,6-7,12-13,15H2,1H3. The summed E-state index contributed by atoms with van der Waals surface area (Å²) in [5.41, 5.74) is 2.23. The molecule has 5 nitrogen and oxygen atoms in total. The second-order valence-corrected chi connectivity index (χ2v) is 8.78.